The molecule has 0 N–H and O–H groups in total. The van der Waals surface area contributed by atoms with Gasteiger partial charge in [-0.3, -0.25) is 14.5 Å². The zero-order chi connectivity index (χ0) is 19.7. The van der Waals surface area contributed by atoms with Crippen LogP contribution in [0.1, 0.15) is 19.4 Å². The summed E-state index contributed by atoms with van der Waals surface area (Å²) in [7, 11) is 0. The number of carbonyl (C=O) groups excluding carboxylic acids is 2. The molecule has 2 aromatic carbocycles. The summed E-state index contributed by atoms with van der Waals surface area (Å²) in [5.74, 6) is -2.08. The van der Waals surface area contributed by atoms with Gasteiger partial charge in [0.05, 0.1) is 16.4 Å². The summed E-state index contributed by atoms with van der Waals surface area (Å²) >= 11 is 12.4. The van der Waals surface area contributed by atoms with E-state index in [4.69, 9.17) is 23.2 Å². The van der Waals surface area contributed by atoms with E-state index in [-0.39, 0.29) is 22.2 Å². The van der Waals surface area contributed by atoms with Crippen LogP contribution in [0.4, 0.5) is 5.69 Å². The molecule has 1 amide bonds. The lowest BCUT2D eigenvalue weighted by molar-refractivity contribution is -0.132. The Morgan fingerprint density at radius 3 is 2.30 bits per heavy atom. The summed E-state index contributed by atoms with van der Waals surface area (Å²) in [6.45, 7) is 3.56. The molecule has 0 fully saturated rings. The first-order chi connectivity index (χ1) is 12.9. The van der Waals surface area contributed by atoms with Crippen molar-refractivity contribution in [1.29, 1.82) is 5.26 Å². The molecule has 4 nitrogen and oxygen atoms in total. The van der Waals surface area contributed by atoms with Gasteiger partial charge in [-0.15, -0.1) is 0 Å². The standard InChI is InChI=1S/C21H16Cl2N2O2/c1-12(2)18-20(26)15(11-24)19(13-6-4-3-5-7-13)25(21(18)27)17-9-8-14(22)10-16(17)23/h3-10,12,18H,1-2H3. The molecule has 0 radical (unpaired) electrons. The highest BCUT2D eigenvalue weighted by Gasteiger charge is 2.44. The van der Waals surface area contributed by atoms with Crippen molar-refractivity contribution in [2.75, 3.05) is 4.90 Å². The number of nitrogens with zero attached hydrogens (tertiary/aromatic N) is 2. The number of anilines is 1. The first-order valence-corrected chi connectivity index (χ1v) is 9.15. The summed E-state index contributed by atoms with van der Waals surface area (Å²) < 4.78 is 0. The normalized spacial score (nSPS) is 17.5. The van der Waals surface area contributed by atoms with Crippen LogP contribution in [-0.4, -0.2) is 11.7 Å². The van der Waals surface area contributed by atoms with Crippen LogP contribution in [0, 0.1) is 23.2 Å². The number of Topliss-reactive ketones (excluding diaryl/α,β-unsaturated/α-hetero) is 1. The third-order valence-electron chi connectivity index (χ3n) is 4.45. The first-order valence-electron chi connectivity index (χ1n) is 8.39. The molecule has 136 valence electrons. The maximum atomic E-state index is 13.3. The molecule has 3 rings (SSSR count). The summed E-state index contributed by atoms with van der Waals surface area (Å²) in [5.41, 5.74) is 1.17. The number of hydrogen-bond donors (Lipinski definition) is 0. The molecule has 1 atom stereocenters. The second kappa shape index (κ2) is 7.56. The molecule has 0 bridgehead atoms. The SMILES string of the molecule is CC(C)C1C(=O)C(C#N)=C(c2ccccc2)N(c2ccc(Cl)cc2Cl)C1=O. The Bertz CT molecular complexity index is 991. The Morgan fingerprint density at radius 2 is 1.74 bits per heavy atom. The lowest BCUT2D eigenvalue weighted by atomic mass is 9.81. The molecule has 2 aromatic rings. The number of allylic oxidation sites excluding steroid dienone is 1. The Balaban J connectivity index is 2.35. The first kappa shape index (κ1) is 19.2. The fourth-order valence-corrected chi connectivity index (χ4v) is 3.71. The highest BCUT2D eigenvalue weighted by Crippen LogP contribution is 2.41. The van der Waals surface area contributed by atoms with E-state index in [1.807, 2.05) is 12.1 Å². The lowest BCUT2D eigenvalue weighted by Gasteiger charge is -2.35. The third kappa shape index (κ3) is 3.37. The van der Waals surface area contributed by atoms with Crippen LogP contribution in [0.15, 0.2) is 54.1 Å². The average Bonchev–Trinajstić information content (AvgIpc) is 2.62. The van der Waals surface area contributed by atoms with Gasteiger partial charge in [0.2, 0.25) is 5.91 Å². The smallest absolute Gasteiger partial charge is 0.242 e. The van der Waals surface area contributed by atoms with Gasteiger partial charge in [-0.25, -0.2) is 0 Å². The molecule has 1 aliphatic rings. The highest BCUT2D eigenvalue weighted by atomic mass is 35.5. The number of rotatable bonds is 3. The Hall–Kier alpha value is -2.61. The third-order valence-corrected chi connectivity index (χ3v) is 4.99. The van der Waals surface area contributed by atoms with Crippen molar-refractivity contribution >= 4 is 46.3 Å². The fraction of sp³-hybridized carbons (Fsp3) is 0.190. The highest BCUT2D eigenvalue weighted by molar-refractivity contribution is 6.38. The summed E-state index contributed by atoms with van der Waals surface area (Å²) in [6.07, 6.45) is 0. The second-order valence-electron chi connectivity index (χ2n) is 6.56. The topological polar surface area (TPSA) is 61.2 Å². The Kier molecular flexibility index (Phi) is 5.36. The van der Waals surface area contributed by atoms with E-state index >= 15 is 0 Å². The van der Waals surface area contributed by atoms with Crippen LogP contribution in [0.5, 0.6) is 0 Å². The molecule has 0 aliphatic carbocycles. The van der Waals surface area contributed by atoms with Gasteiger partial charge < -0.3 is 0 Å². The van der Waals surface area contributed by atoms with Crippen LogP contribution < -0.4 is 4.90 Å². The van der Waals surface area contributed by atoms with Gasteiger partial charge in [-0.2, -0.15) is 5.26 Å². The molecular weight excluding hydrogens is 383 g/mol. The molecule has 0 aromatic heterocycles. The van der Waals surface area contributed by atoms with Gasteiger partial charge in [-0.05, 0) is 24.1 Å². The van der Waals surface area contributed by atoms with Crippen molar-refractivity contribution in [2.45, 2.75) is 13.8 Å². The number of amides is 1. The number of hydrogen-bond acceptors (Lipinski definition) is 3. The minimum absolute atomic E-state index is 0.0504. The van der Waals surface area contributed by atoms with Crippen LogP contribution in [0.3, 0.4) is 0 Å². The zero-order valence-corrected chi connectivity index (χ0v) is 16.3. The van der Waals surface area contributed by atoms with E-state index in [9.17, 15) is 14.9 Å². The molecule has 0 saturated heterocycles. The summed E-state index contributed by atoms with van der Waals surface area (Å²) in [4.78, 5) is 27.6. The second-order valence-corrected chi connectivity index (χ2v) is 7.40. The molecule has 27 heavy (non-hydrogen) atoms. The molecule has 0 saturated carbocycles. The lowest BCUT2D eigenvalue weighted by Crippen LogP contribution is -2.46. The van der Waals surface area contributed by atoms with Crippen LogP contribution in [-0.2, 0) is 9.59 Å². The summed E-state index contributed by atoms with van der Waals surface area (Å²) in [6, 6.07) is 15.6. The van der Waals surface area contributed by atoms with Crippen molar-refractivity contribution in [3.63, 3.8) is 0 Å². The van der Waals surface area contributed by atoms with E-state index in [0.29, 0.717) is 16.3 Å². The summed E-state index contributed by atoms with van der Waals surface area (Å²) in [5, 5.41) is 10.4. The predicted octanol–water partition coefficient (Wildman–Crippen LogP) is 5.12. The van der Waals surface area contributed by atoms with Crippen LogP contribution >= 0.6 is 23.2 Å². The zero-order valence-electron chi connectivity index (χ0n) is 14.7. The van der Waals surface area contributed by atoms with Gasteiger partial charge in [0.15, 0.2) is 5.78 Å². The van der Waals surface area contributed by atoms with Crippen molar-refractivity contribution in [3.05, 3.63) is 69.7 Å². The monoisotopic (exact) mass is 398 g/mol. The number of ketones is 1. The van der Waals surface area contributed by atoms with E-state index in [1.165, 1.54) is 11.0 Å². The number of carbonyl (C=O) groups is 2. The van der Waals surface area contributed by atoms with Gasteiger partial charge in [0.1, 0.15) is 17.6 Å². The van der Waals surface area contributed by atoms with Crippen LogP contribution in [0.2, 0.25) is 10.0 Å². The minimum Gasteiger partial charge on any atom is -0.292 e. The van der Waals surface area contributed by atoms with E-state index < -0.39 is 17.6 Å². The molecule has 1 unspecified atom stereocenters. The van der Waals surface area contributed by atoms with Crippen LogP contribution in [0.25, 0.3) is 5.70 Å². The quantitative estimate of drug-likeness (QED) is 0.674. The molecule has 1 aliphatic heterocycles. The fourth-order valence-electron chi connectivity index (χ4n) is 3.21. The number of halogens is 2. The van der Waals surface area contributed by atoms with Gasteiger partial charge in [0, 0.05) is 10.6 Å². The van der Waals surface area contributed by atoms with Crippen molar-refractivity contribution in [2.24, 2.45) is 11.8 Å². The van der Waals surface area contributed by atoms with Crippen molar-refractivity contribution in [3.8, 4) is 6.07 Å². The molecule has 0 spiro atoms. The predicted molar refractivity (Wildman–Crippen MR) is 106 cm³/mol. The molecule has 1 heterocycles. The maximum absolute atomic E-state index is 13.3. The van der Waals surface area contributed by atoms with Crippen molar-refractivity contribution in [1.82, 2.24) is 0 Å². The average molecular weight is 399 g/mol. The van der Waals surface area contributed by atoms with Crippen molar-refractivity contribution < 1.29 is 9.59 Å². The van der Waals surface area contributed by atoms with Gasteiger partial charge in [-0.1, -0.05) is 67.4 Å². The van der Waals surface area contributed by atoms with Gasteiger partial charge in [0.25, 0.3) is 0 Å². The minimum atomic E-state index is -0.946. The largest absolute Gasteiger partial charge is 0.292 e. The number of benzene rings is 2. The Labute approximate surface area is 167 Å². The van der Waals surface area contributed by atoms with E-state index in [0.717, 1.165) is 0 Å². The molecular formula is C21H16Cl2N2O2. The molecule has 6 heteroatoms. The Morgan fingerprint density at radius 1 is 1.07 bits per heavy atom. The number of nitriles is 1. The van der Waals surface area contributed by atoms with Gasteiger partial charge >= 0.3 is 0 Å². The van der Waals surface area contributed by atoms with E-state index in [1.54, 1.807) is 50.2 Å². The maximum Gasteiger partial charge on any atom is 0.242 e. The van der Waals surface area contributed by atoms with E-state index in [2.05, 4.69) is 0 Å².